The van der Waals surface area contributed by atoms with E-state index >= 15 is 0 Å². The third-order valence-corrected chi connectivity index (χ3v) is 4.13. The molecule has 7 heteroatoms. The average Bonchev–Trinajstić information content (AvgIpc) is 2.54. The number of carbonyl (C=O) groups is 2. The van der Waals surface area contributed by atoms with Crippen molar-refractivity contribution in [2.24, 2.45) is 0 Å². The number of hydrogen-bond acceptors (Lipinski definition) is 4. The van der Waals surface area contributed by atoms with Gasteiger partial charge in [-0.25, -0.2) is 0 Å². The number of ketones is 1. The fourth-order valence-electron chi connectivity index (χ4n) is 2.29. The zero-order valence-electron chi connectivity index (χ0n) is 14.0. The normalized spacial score (nSPS) is 10.1. The highest BCUT2D eigenvalue weighted by Crippen LogP contribution is 2.27. The summed E-state index contributed by atoms with van der Waals surface area (Å²) < 4.78 is 6.08. The lowest BCUT2D eigenvalue weighted by Gasteiger charge is -2.14. The molecule has 0 aliphatic heterocycles. The number of benzene rings is 2. The molecule has 0 radical (unpaired) electrons. The van der Waals surface area contributed by atoms with Crippen molar-refractivity contribution < 1.29 is 14.3 Å². The number of nitrogens with one attached hydrogen (secondary N) is 2. The molecule has 0 fully saturated rings. The van der Waals surface area contributed by atoms with Gasteiger partial charge in [-0.1, -0.05) is 15.9 Å². The van der Waals surface area contributed by atoms with E-state index in [-0.39, 0.29) is 16.8 Å². The highest BCUT2D eigenvalue weighted by atomic mass is 79.9. The zero-order chi connectivity index (χ0) is 18.6. The summed E-state index contributed by atoms with van der Waals surface area (Å²) in [6, 6.07) is 10.4. The van der Waals surface area contributed by atoms with Gasteiger partial charge < -0.3 is 10.1 Å². The molecule has 25 heavy (non-hydrogen) atoms. The molecule has 2 N–H and O–H groups in total. The van der Waals surface area contributed by atoms with Gasteiger partial charge in [-0.15, -0.1) is 0 Å². The average molecular weight is 421 g/mol. The Kier molecular flexibility index (Phi) is 6.27. The standard InChI is InChI=1S/C18H17BrN2O3S/c1-10-8-13(19)9-15(16(10)24-3)17(23)21-18(25)20-14-6-4-12(5-7-14)11(2)22/h4-9H,1-3H3,(H2,20,21,23,25). The first-order chi connectivity index (χ1) is 11.8. The van der Waals surface area contributed by atoms with Gasteiger partial charge in [-0.05, 0) is 68.0 Å². The molecule has 2 rings (SSSR count). The van der Waals surface area contributed by atoms with Crippen LogP contribution in [0.4, 0.5) is 5.69 Å². The number of rotatable bonds is 4. The van der Waals surface area contributed by atoms with E-state index in [1.54, 1.807) is 30.3 Å². The quantitative estimate of drug-likeness (QED) is 0.575. The van der Waals surface area contributed by atoms with Gasteiger partial charge in [0.2, 0.25) is 0 Å². The maximum Gasteiger partial charge on any atom is 0.261 e. The van der Waals surface area contributed by atoms with E-state index in [1.165, 1.54) is 14.0 Å². The molecule has 0 saturated heterocycles. The molecule has 2 aromatic carbocycles. The molecule has 1 amide bonds. The Morgan fingerprint density at radius 2 is 1.80 bits per heavy atom. The molecule has 5 nitrogen and oxygen atoms in total. The molecule has 0 aromatic heterocycles. The number of thiocarbonyl (C=S) groups is 1. The van der Waals surface area contributed by atoms with Crippen LogP contribution >= 0.6 is 28.1 Å². The number of halogens is 1. The van der Waals surface area contributed by atoms with Crippen LogP contribution in [0.15, 0.2) is 40.9 Å². The van der Waals surface area contributed by atoms with Crippen molar-refractivity contribution in [1.82, 2.24) is 5.32 Å². The Labute approximate surface area is 159 Å². The van der Waals surface area contributed by atoms with Crippen LogP contribution in [0.5, 0.6) is 5.75 Å². The van der Waals surface area contributed by atoms with Gasteiger partial charge in [0.1, 0.15) is 5.75 Å². The van der Waals surface area contributed by atoms with Gasteiger partial charge >= 0.3 is 0 Å². The minimum Gasteiger partial charge on any atom is -0.496 e. The van der Waals surface area contributed by atoms with Crippen molar-refractivity contribution in [2.75, 3.05) is 12.4 Å². The summed E-state index contributed by atoms with van der Waals surface area (Å²) >= 11 is 8.55. The monoisotopic (exact) mass is 420 g/mol. The van der Waals surface area contributed by atoms with E-state index in [9.17, 15) is 9.59 Å². The number of carbonyl (C=O) groups excluding carboxylic acids is 2. The molecule has 0 heterocycles. The zero-order valence-corrected chi connectivity index (χ0v) is 16.4. The van der Waals surface area contributed by atoms with E-state index < -0.39 is 0 Å². The van der Waals surface area contributed by atoms with Crippen LogP contribution in [-0.4, -0.2) is 23.9 Å². The summed E-state index contributed by atoms with van der Waals surface area (Å²) in [6.45, 7) is 3.36. The Bertz CT molecular complexity index is 835. The van der Waals surface area contributed by atoms with Crippen LogP contribution in [0.3, 0.4) is 0 Å². The van der Waals surface area contributed by atoms with E-state index in [1.807, 2.05) is 13.0 Å². The van der Waals surface area contributed by atoms with Gasteiger partial charge in [0.25, 0.3) is 5.91 Å². The maximum atomic E-state index is 12.5. The Balaban J connectivity index is 2.10. The third kappa shape index (κ3) is 4.87. The summed E-state index contributed by atoms with van der Waals surface area (Å²) in [6.07, 6.45) is 0. The lowest BCUT2D eigenvalue weighted by Crippen LogP contribution is -2.34. The van der Waals surface area contributed by atoms with Gasteiger partial charge in [0.15, 0.2) is 10.9 Å². The number of amides is 1. The van der Waals surface area contributed by atoms with Crippen LogP contribution in [0.25, 0.3) is 0 Å². The summed E-state index contributed by atoms with van der Waals surface area (Å²) in [5.41, 5.74) is 2.49. The van der Waals surface area contributed by atoms with Crippen molar-refractivity contribution in [2.45, 2.75) is 13.8 Å². The molecule has 0 unspecified atom stereocenters. The number of ether oxygens (including phenoxy) is 1. The van der Waals surface area contributed by atoms with Gasteiger partial charge in [-0.2, -0.15) is 0 Å². The fraction of sp³-hybridized carbons (Fsp3) is 0.167. The SMILES string of the molecule is COc1c(C)cc(Br)cc1C(=O)NC(=S)Nc1ccc(C(C)=O)cc1. The molecule has 2 aromatic rings. The predicted octanol–water partition coefficient (Wildman–Crippen LogP) is 4.10. The summed E-state index contributed by atoms with van der Waals surface area (Å²) in [4.78, 5) is 23.8. The molecular weight excluding hydrogens is 404 g/mol. The van der Waals surface area contributed by atoms with E-state index in [2.05, 4.69) is 26.6 Å². The first kappa shape index (κ1) is 19.1. The van der Waals surface area contributed by atoms with Crippen molar-refractivity contribution >= 4 is 50.6 Å². The van der Waals surface area contributed by atoms with Crippen LogP contribution in [0.1, 0.15) is 33.2 Å². The number of Topliss-reactive ketones (excluding diaryl/α,β-unsaturated/α-hetero) is 1. The van der Waals surface area contributed by atoms with Crippen LogP contribution in [0, 0.1) is 6.92 Å². The second kappa shape index (κ2) is 8.22. The Morgan fingerprint density at radius 3 is 2.36 bits per heavy atom. The van der Waals surface area contributed by atoms with Gasteiger partial charge in [0, 0.05) is 15.7 Å². The maximum absolute atomic E-state index is 12.5. The van der Waals surface area contributed by atoms with Crippen LogP contribution < -0.4 is 15.4 Å². The highest BCUT2D eigenvalue weighted by Gasteiger charge is 2.16. The number of aryl methyl sites for hydroxylation is 1. The van der Waals surface area contributed by atoms with Crippen LogP contribution in [-0.2, 0) is 0 Å². The van der Waals surface area contributed by atoms with Crippen LogP contribution in [0.2, 0.25) is 0 Å². The lowest BCUT2D eigenvalue weighted by molar-refractivity contribution is 0.0973. The lowest BCUT2D eigenvalue weighted by atomic mass is 10.1. The first-order valence-corrected chi connectivity index (χ1v) is 8.59. The Morgan fingerprint density at radius 1 is 1.16 bits per heavy atom. The van der Waals surface area contributed by atoms with Crippen molar-refractivity contribution in [1.29, 1.82) is 0 Å². The number of methoxy groups -OCH3 is 1. The molecule has 0 aliphatic rings. The number of anilines is 1. The molecule has 0 bridgehead atoms. The van der Waals surface area contributed by atoms with E-state index in [0.29, 0.717) is 22.6 Å². The number of hydrogen-bond donors (Lipinski definition) is 2. The topological polar surface area (TPSA) is 67.4 Å². The van der Waals surface area contributed by atoms with Gasteiger partial charge in [-0.3, -0.25) is 14.9 Å². The minimum atomic E-state index is -0.376. The highest BCUT2D eigenvalue weighted by molar-refractivity contribution is 9.10. The van der Waals surface area contributed by atoms with E-state index in [0.717, 1.165) is 10.0 Å². The molecule has 0 saturated carbocycles. The Hall–Kier alpha value is -2.25. The van der Waals surface area contributed by atoms with Crippen molar-refractivity contribution in [3.8, 4) is 5.75 Å². The smallest absolute Gasteiger partial charge is 0.261 e. The summed E-state index contributed by atoms with van der Waals surface area (Å²) in [7, 11) is 1.51. The molecule has 130 valence electrons. The first-order valence-electron chi connectivity index (χ1n) is 7.39. The molecule has 0 spiro atoms. The third-order valence-electron chi connectivity index (χ3n) is 3.46. The second-order valence-corrected chi connectivity index (χ2v) is 6.67. The molecular formula is C18H17BrN2O3S. The molecule has 0 aliphatic carbocycles. The van der Waals surface area contributed by atoms with E-state index in [4.69, 9.17) is 17.0 Å². The largest absolute Gasteiger partial charge is 0.496 e. The van der Waals surface area contributed by atoms with Gasteiger partial charge in [0.05, 0.1) is 12.7 Å². The second-order valence-electron chi connectivity index (χ2n) is 5.35. The fourth-order valence-corrected chi connectivity index (χ4v) is 3.07. The van der Waals surface area contributed by atoms with Crippen molar-refractivity contribution in [3.63, 3.8) is 0 Å². The summed E-state index contributed by atoms with van der Waals surface area (Å²) in [5, 5.41) is 5.69. The minimum absolute atomic E-state index is 0.0143. The predicted molar refractivity (Wildman–Crippen MR) is 106 cm³/mol. The molecule has 0 atom stereocenters. The summed E-state index contributed by atoms with van der Waals surface area (Å²) in [5.74, 6) is 0.105. The van der Waals surface area contributed by atoms with Crippen molar-refractivity contribution in [3.05, 3.63) is 57.6 Å².